The Morgan fingerprint density at radius 2 is 2.19 bits per heavy atom. The summed E-state index contributed by atoms with van der Waals surface area (Å²) in [4.78, 5) is 16.9. The minimum atomic E-state index is 0.0323. The second-order valence-corrected chi connectivity index (χ2v) is 7.44. The van der Waals surface area contributed by atoms with Crippen LogP contribution in [0.4, 0.5) is 0 Å². The van der Waals surface area contributed by atoms with Crippen molar-refractivity contribution in [1.82, 2.24) is 25.0 Å². The molecule has 1 aliphatic heterocycles. The fourth-order valence-electron chi connectivity index (χ4n) is 3.26. The summed E-state index contributed by atoms with van der Waals surface area (Å²) < 4.78 is 9.08. The molecule has 0 bridgehead atoms. The lowest BCUT2D eigenvalue weighted by Gasteiger charge is -2.11. The molecule has 0 spiro atoms. The lowest BCUT2D eigenvalue weighted by molar-refractivity contribution is 0.123. The van der Waals surface area contributed by atoms with Gasteiger partial charge in [-0.15, -0.1) is 0 Å². The monoisotopic (exact) mass is 378 g/mol. The first-order valence-corrected chi connectivity index (χ1v) is 10.5. The molecule has 152 valence electrons. The van der Waals surface area contributed by atoms with Gasteiger partial charge in [-0.05, 0) is 51.4 Å². The normalized spacial score (nSPS) is 17.0. The Hall–Kier alpha value is -1.83. The van der Waals surface area contributed by atoms with Gasteiger partial charge in [0.15, 0.2) is 5.96 Å². The molecule has 0 amide bonds. The molecule has 0 aromatic carbocycles. The van der Waals surface area contributed by atoms with E-state index in [1.165, 1.54) is 12.8 Å². The van der Waals surface area contributed by atoms with Gasteiger partial charge < -0.3 is 15.4 Å². The quantitative estimate of drug-likeness (QED) is 0.343. The molecule has 1 saturated carbocycles. The van der Waals surface area contributed by atoms with Crippen molar-refractivity contribution in [1.29, 1.82) is 0 Å². The van der Waals surface area contributed by atoms with Crippen LogP contribution >= 0.6 is 0 Å². The fourth-order valence-corrected chi connectivity index (χ4v) is 3.26. The van der Waals surface area contributed by atoms with Gasteiger partial charge in [0.25, 0.3) is 0 Å². The molecule has 2 heterocycles. The van der Waals surface area contributed by atoms with Crippen LogP contribution in [0.1, 0.15) is 51.3 Å². The molecule has 8 heteroatoms. The van der Waals surface area contributed by atoms with Crippen LogP contribution in [-0.2, 0) is 24.2 Å². The van der Waals surface area contributed by atoms with E-state index in [4.69, 9.17) is 4.74 Å². The average molecular weight is 379 g/mol. The van der Waals surface area contributed by atoms with Gasteiger partial charge in [-0.2, -0.15) is 5.10 Å². The zero-order valence-electron chi connectivity index (χ0n) is 16.6. The standard InChI is InChI=1S/C19H34N6O2/c1-2-20-18(22-11-6-14-27-15-16-8-9-16)21-10-5-13-25-19(26)24-12-4-3-7-17(24)23-25/h16H,2-15H2,1H3,(H2,20,21,22). The van der Waals surface area contributed by atoms with E-state index in [1.807, 2.05) is 4.57 Å². The van der Waals surface area contributed by atoms with Crippen LogP contribution in [0.3, 0.4) is 0 Å². The van der Waals surface area contributed by atoms with Crippen molar-refractivity contribution in [3.05, 3.63) is 16.3 Å². The number of nitrogens with zero attached hydrogens (tertiary/aromatic N) is 4. The van der Waals surface area contributed by atoms with Gasteiger partial charge >= 0.3 is 5.69 Å². The number of ether oxygens (including phenoxy) is 1. The van der Waals surface area contributed by atoms with E-state index in [-0.39, 0.29) is 5.69 Å². The van der Waals surface area contributed by atoms with Gasteiger partial charge in [0, 0.05) is 52.4 Å². The summed E-state index contributed by atoms with van der Waals surface area (Å²) in [6.07, 6.45) is 7.58. The van der Waals surface area contributed by atoms with E-state index in [0.717, 1.165) is 82.7 Å². The van der Waals surface area contributed by atoms with Gasteiger partial charge in [-0.1, -0.05) is 0 Å². The van der Waals surface area contributed by atoms with E-state index in [1.54, 1.807) is 4.68 Å². The molecule has 0 unspecified atom stereocenters. The predicted molar refractivity (Wildman–Crippen MR) is 106 cm³/mol. The summed E-state index contributed by atoms with van der Waals surface area (Å²) in [5.41, 5.74) is 0.0323. The molecular weight excluding hydrogens is 344 g/mol. The Balaban J connectivity index is 1.35. The van der Waals surface area contributed by atoms with Gasteiger partial charge in [0.05, 0.1) is 0 Å². The Morgan fingerprint density at radius 1 is 1.30 bits per heavy atom. The molecule has 3 rings (SSSR count). The van der Waals surface area contributed by atoms with Crippen molar-refractivity contribution < 1.29 is 4.74 Å². The highest BCUT2D eigenvalue weighted by atomic mass is 16.5. The first-order chi connectivity index (χ1) is 13.3. The minimum absolute atomic E-state index is 0.0323. The number of aromatic nitrogens is 3. The van der Waals surface area contributed by atoms with Crippen molar-refractivity contribution in [3.63, 3.8) is 0 Å². The third-order valence-corrected chi connectivity index (χ3v) is 4.98. The van der Waals surface area contributed by atoms with Crippen LogP contribution < -0.4 is 16.3 Å². The van der Waals surface area contributed by atoms with Crippen molar-refractivity contribution in [2.75, 3.05) is 32.8 Å². The minimum Gasteiger partial charge on any atom is -0.381 e. The third-order valence-electron chi connectivity index (χ3n) is 4.98. The molecule has 0 saturated heterocycles. The first-order valence-electron chi connectivity index (χ1n) is 10.5. The van der Waals surface area contributed by atoms with Gasteiger partial charge in [0.1, 0.15) is 5.82 Å². The van der Waals surface area contributed by atoms with E-state index in [0.29, 0.717) is 13.1 Å². The maximum Gasteiger partial charge on any atom is 0.345 e. The van der Waals surface area contributed by atoms with Crippen molar-refractivity contribution >= 4 is 5.96 Å². The number of hydrogen-bond acceptors (Lipinski definition) is 4. The van der Waals surface area contributed by atoms with Gasteiger partial charge in [-0.3, -0.25) is 9.56 Å². The van der Waals surface area contributed by atoms with E-state index in [2.05, 4.69) is 27.6 Å². The molecule has 1 aliphatic carbocycles. The number of hydrogen-bond donors (Lipinski definition) is 2. The third kappa shape index (κ3) is 6.37. The largest absolute Gasteiger partial charge is 0.381 e. The summed E-state index contributed by atoms with van der Waals surface area (Å²) in [5, 5.41) is 11.1. The molecule has 1 fully saturated rings. The van der Waals surface area contributed by atoms with Crippen molar-refractivity contribution in [2.24, 2.45) is 10.9 Å². The highest BCUT2D eigenvalue weighted by Gasteiger charge is 2.20. The maximum atomic E-state index is 12.3. The lowest BCUT2D eigenvalue weighted by Crippen LogP contribution is -2.38. The Morgan fingerprint density at radius 3 is 2.96 bits per heavy atom. The van der Waals surface area contributed by atoms with Crippen LogP contribution in [0.15, 0.2) is 9.79 Å². The lowest BCUT2D eigenvalue weighted by atomic mass is 10.2. The predicted octanol–water partition coefficient (Wildman–Crippen LogP) is 1.14. The Labute approximate surface area is 161 Å². The number of aryl methyl sites for hydroxylation is 2. The highest BCUT2D eigenvalue weighted by molar-refractivity contribution is 5.79. The van der Waals surface area contributed by atoms with Crippen LogP contribution in [0, 0.1) is 5.92 Å². The number of rotatable bonds is 11. The topological polar surface area (TPSA) is 85.5 Å². The Bertz CT molecular complexity index is 662. The van der Waals surface area contributed by atoms with Crippen molar-refractivity contribution in [3.8, 4) is 0 Å². The zero-order chi connectivity index (χ0) is 18.9. The SMILES string of the molecule is CCNC(=NCCCn1nc2n(c1=O)CCCC2)NCCCOCC1CC1. The average Bonchev–Trinajstić information content (AvgIpc) is 3.45. The second-order valence-electron chi connectivity index (χ2n) is 7.44. The van der Waals surface area contributed by atoms with Crippen LogP contribution in [0.25, 0.3) is 0 Å². The summed E-state index contributed by atoms with van der Waals surface area (Å²) >= 11 is 0. The fraction of sp³-hybridized carbons (Fsp3) is 0.842. The van der Waals surface area contributed by atoms with Crippen LogP contribution in [0.5, 0.6) is 0 Å². The molecule has 2 aliphatic rings. The summed E-state index contributed by atoms with van der Waals surface area (Å²) in [6.45, 7) is 7.57. The van der Waals surface area contributed by atoms with Crippen LogP contribution in [-0.4, -0.2) is 53.2 Å². The molecule has 0 radical (unpaired) electrons. The van der Waals surface area contributed by atoms with Crippen molar-refractivity contribution in [2.45, 2.75) is 65.0 Å². The zero-order valence-corrected chi connectivity index (χ0v) is 16.6. The molecule has 1 aromatic rings. The van der Waals surface area contributed by atoms with Crippen LogP contribution in [0.2, 0.25) is 0 Å². The molecule has 0 atom stereocenters. The highest BCUT2D eigenvalue weighted by Crippen LogP contribution is 2.28. The number of aliphatic imine (C=N–C) groups is 1. The molecular formula is C19H34N6O2. The second kappa shape index (κ2) is 10.5. The van der Waals surface area contributed by atoms with Gasteiger partial charge in [0.2, 0.25) is 0 Å². The number of fused-ring (bicyclic) bond motifs is 1. The molecule has 1 aromatic heterocycles. The number of guanidine groups is 1. The summed E-state index contributed by atoms with van der Waals surface area (Å²) in [7, 11) is 0. The van der Waals surface area contributed by atoms with E-state index in [9.17, 15) is 4.79 Å². The summed E-state index contributed by atoms with van der Waals surface area (Å²) in [5.74, 6) is 2.59. The van der Waals surface area contributed by atoms with E-state index < -0.39 is 0 Å². The number of nitrogens with one attached hydrogen (secondary N) is 2. The first kappa shape index (κ1) is 19.9. The molecule has 27 heavy (non-hydrogen) atoms. The molecule has 2 N–H and O–H groups in total. The smallest absolute Gasteiger partial charge is 0.345 e. The Kier molecular flexibility index (Phi) is 7.74. The van der Waals surface area contributed by atoms with E-state index >= 15 is 0 Å². The maximum absolute atomic E-state index is 12.3. The van der Waals surface area contributed by atoms with Gasteiger partial charge in [-0.25, -0.2) is 9.48 Å². The molecule has 8 nitrogen and oxygen atoms in total. The summed E-state index contributed by atoms with van der Waals surface area (Å²) in [6, 6.07) is 0.